The van der Waals surface area contributed by atoms with Crippen molar-refractivity contribution in [2.75, 3.05) is 31.5 Å². The number of ether oxygens (including phenoxy) is 1. The number of hydrogen-bond acceptors (Lipinski definition) is 8. The van der Waals surface area contributed by atoms with Gasteiger partial charge in [0.15, 0.2) is 15.6 Å². The lowest BCUT2D eigenvalue weighted by molar-refractivity contribution is -0.0829. The maximum Gasteiger partial charge on any atom is 0.291 e. The highest BCUT2D eigenvalue weighted by molar-refractivity contribution is 9.10. The van der Waals surface area contributed by atoms with Crippen LogP contribution in [0.2, 0.25) is 0 Å². The van der Waals surface area contributed by atoms with Crippen molar-refractivity contribution in [2.45, 2.75) is 18.4 Å². The van der Waals surface area contributed by atoms with Gasteiger partial charge in [-0.15, -0.1) is 0 Å². The minimum atomic E-state index is -0.130. The zero-order valence-electron chi connectivity index (χ0n) is 12.3. The molecule has 0 aliphatic carbocycles. The van der Waals surface area contributed by atoms with Crippen molar-refractivity contribution in [1.29, 1.82) is 0 Å². The van der Waals surface area contributed by atoms with E-state index in [1.807, 2.05) is 0 Å². The zero-order chi connectivity index (χ0) is 15.4. The summed E-state index contributed by atoms with van der Waals surface area (Å²) in [7, 11) is 0. The number of thiazole rings is 1. The monoisotopic (exact) mass is 394 g/mol. The third kappa shape index (κ3) is 2.33. The van der Waals surface area contributed by atoms with Gasteiger partial charge in [-0.1, -0.05) is 11.3 Å². The highest BCUT2D eigenvalue weighted by Crippen LogP contribution is 2.41. The van der Waals surface area contributed by atoms with E-state index in [1.165, 1.54) is 37.3 Å². The molecule has 1 atom stereocenters. The Balaban J connectivity index is 1.35. The maximum absolute atomic E-state index is 6.26. The number of amidine groups is 1. The largest absolute Gasteiger partial charge is 0.455 e. The van der Waals surface area contributed by atoms with Crippen LogP contribution in [0, 0.1) is 5.92 Å². The lowest BCUT2D eigenvalue weighted by atomic mass is 9.75. The minimum Gasteiger partial charge on any atom is -0.455 e. The van der Waals surface area contributed by atoms with Gasteiger partial charge in [0.05, 0.1) is 12.7 Å². The van der Waals surface area contributed by atoms with Gasteiger partial charge < -0.3 is 4.74 Å². The molecule has 4 aliphatic heterocycles. The Labute approximate surface area is 145 Å². The number of halogens is 1. The molecule has 6 heterocycles. The van der Waals surface area contributed by atoms with Crippen molar-refractivity contribution in [3.8, 4) is 0 Å². The van der Waals surface area contributed by atoms with Gasteiger partial charge in [0.2, 0.25) is 0 Å². The van der Waals surface area contributed by atoms with Crippen LogP contribution < -0.4 is 5.32 Å². The Bertz CT molecular complexity index is 802. The molecule has 0 radical (unpaired) electrons. The predicted molar refractivity (Wildman–Crippen MR) is 91.8 cm³/mol. The number of rotatable bonds is 1. The molecule has 2 aromatic rings. The molecular weight excluding hydrogens is 380 g/mol. The Hall–Kier alpha value is -1.32. The predicted octanol–water partition coefficient (Wildman–Crippen LogP) is 2.11. The fourth-order valence-corrected chi connectivity index (χ4v) is 4.98. The molecule has 0 saturated carbocycles. The van der Waals surface area contributed by atoms with E-state index in [9.17, 15) is 0 Å². The summed E-state index contributed by atoms with van der Waals surface area (Å²) in [5, 5.41) is 3.92. The average molecular weight is 395 g/mol. The minimum absolute atomic E-state index is 0.130. The Kier molecular flexibility index (Phi) is 3.11. The number of aromatic nitrogens is 3. The molecule has 1 unspecified atom stereocenters. The number of nitrogens with zero attached hydrogens (tertiary/aromatic N) is 5. The van der Waals surface area contributed by atoms with E-state index in [1.54, 1.807) is 6.20 Å². The summed E-state index contributed by atoms with van der Waals surface area (Å²) >= 11 is 4.78. The van der Waals surface area contributed by atoms with Crippen molar-refractivity contribution < 1.29 is 4.74 Å². The molecule has 2 bridgehead atoms. The average Bonchev–Trinajstić information content (AvgIpc) is 3.12. The molecule has 9 heteroatoms. The van der Waals surface area contributed by atoms with Crippen molar-refractivity contribution in [3.63, 3.8) is 0 Å². The molecule has 1 spiro atoms. The fourth-order valence-electron chi connectivity index (χ4n) is 3.79. The SMILES string of the molecule is Brc1cnc2nc(NC3=NCC4(CN5CCC4CC5)O3)sc2n1. The maximum atomic E-state index is 6.26. The molecule has 1 N–H and O–H groups in total. The third-order valence-corrected chi connectivity index (χ3v) is 6.16. The normalized spacial score (nSPS) is 32.3. The molecule has 0 aromatic carbocycles. The van der Waals surface area contributed by atoms with Gasteiger partial charge in [-0.05, 0) is 41.9 Å². The van der Waals surface area contributed by atoms with Crippen LogP contribution in [-0.2, 0) is 4.74 Å². The van der Waals surface area contributed by atoms with Gasteiger partial charge >= 0.3 is 0 Å². The van der Waals surface area contributed by atoms with Crippen LogP contribution in [0.1, 0.15) is 12.8 Å². The molecule has 3 saturated heterocycles. The fraction of sp³-hybridized carbons (Fsp3) is 0.571. The van der Waals surface area contributed by atoms with Crippen molar-refractivity contribution in [2.24, 2.45) is 10.9 Å². The van der Waals surface area contributed by atoms with E-state index in [0.29, 0.717) is 22.2 Å². The Morgan fingerprint density at radius 2 is 2.22 bits per heavy atom. The van der Waals surface area contributed by atoms with Gasteiger partial charge in [0, 0.05) is 12.5 Å². The topological polar surface area (TPSA) is 75.5 Å². The first-order chi connectivity index (χ1) is 11.2. The smallest absolute Gasteiger partial charge is 0.291 e. The van der Waals surface area contributed by atoms with Crippen LogP contribution in [0.15, 0.2) is 15.8 Å². The Morgan fingerprint density at radius 1 is 1.35 bits per heavy atom. The van der Waals surface area contributed by atoms with Crippen molar-refractivity contribution >= 4 is 48.9 Å². The van der Waals surface area contributed by atoms with E-state index in [2.05, 4.69) is 46.1 Å². The molecular formula is C14H15BrN6OS. The third-order valence-electron chi connectivity index (χ3n) is 4.92. The molecule has 0 amide bonds. The van der Waals surface area contributed by atoms with E-state index in [-0.39, 0.29) is 5.60 Å². The van der Waals surface area contributed by atoms with Crippen LogP contribution in [0.4, 0.5) is 5.13 Å². The van der Waals surface area contributed by atoms with E-state index in [4.69, 9.17) is 4.74 Å². The van der Waals surface area contributed by atoms with E-state index >= 15 is 0 Å². The van der Waals surface area contributed by atoms with Crippen LogP contribution >= 0.6 is 27.3 Å². The van der Waals surface area contributed by atoms with E-state index in [0.717, 1.165) is 23.1 Å². The van der Waals surface area contributed by atoms with Gasteiger partial charge in [-0.3, -0.25) is 10.2 Å². The second kappa shape index (κ2) is 5.09. The first-order valence-corrected chi connectivity index (χ1v) is 9.33. The highest BCUT2D eigenvalue weighted by Gasteiger charge is 2.51. The first-order valence-electron chi connectivity index (χ1n) is 7.72. The van der Waals surface area contributed by atoms with Crippen molar-refractivity contribution in [3.05, 3.63) is 10.8 Å². The van der Waals surface area contributed by atoms with Gasteiger partial charge in [0.25, 0.3) is 6.02 Å². The molecule has 6 rings (SSSR count). The standard InChI is InChI=1S/C14H15BrN6OS/c15-9-5-16-10-11(18-9)23-13(19-10)20-12-17-6-14(22-12)7-21-3-1-8(14)2-4-21/h5,8H,1-4,6-7H2,(H,16,17,19,20). The lowest BCUT2D eigenvalue weighted by Gasteiger charge is -2.50. The molecule has 4 aliphatic rings. The number of aliphatic imine (C=N–C) groups is 1. The first kappa shape index (κ1) is 14.1. The lowest BCUT2D eigenvalue weighted by Crippen LogP contribution is -2.61. The molecule has 120 valence electrons. The van der Waals surface area contributed by atoms with Crippen LogP contribution in [0.25, 0.3) is 10.5 Å². The number of anilines is 1. The van der Waals surface area contributed by atoms with Gasteiger partial charge in [-0.25, -0.2) is 15.0 Å². The number of fused-ring (bicyclic) bond motifs is 3. The summed E-state index contributed by atoms with van der Waals surface area (Å²) in [5.41, 5.74) is 0.506. The molecule has 7 nitrogen and oxygen atoms in total. The van der Waals surface area contributed by atoms with Crippen LogP contribution in [0.3, 0.4) is 0 Å². The number of hydrogen-bond donors (Lipinski definition) is 1. The quantitative estimate of drug-likeness (QED) is 0.797. The molecule has 3 fully saturated rings. The summed E-state index contributed by atoms with van der Waals surface area (Å²) < 4.78 is 6.97. The molecule has 23 heavy (non-hydrogen) atoms. The second-order valence-electron chi connectivity index (χ2n) is 6.30. The van der Waals surface area contributed by atoms with Gasteiger partial charge in [-0.2, -0.15) is 4.98 Å². The zero-order valence-corrected chi connectivity index (χ0v) is 14.7. The summed E-state index contributed by atoms with van der Waals surface area (Å²) in [5.74, 6) is 0.616. The van der Waals surface area contributed by atoms with Gasteiger partial charge in [0.1, 0.15) is 10.2 Å². The second-order valence-corrected chi connectivity index (χ2v) is 8.09. The highest BCUT2D eigenvalue weighted by atomic mass is 79.9. The summed E-state index contributed by atoms with van der Waals surface area (Å²) in [6.07, 6.45) is 4.08. The molecule has 2 aromatic heterocycles. The number of nitrogens with one attached hydrogen (secondary N) is 1. The van der Waals surface area contributed by atoms with Crippen molar-refractivity contribution in [1.82, 2.24) is 19.9 Å². The summed E-state index contributed by atoms with van der Waals surface area (Å²) in [6, 6.07) is 0.580. The summed E-state index contributed by atoms with van der Waals surface area (Å²) in [6.45, 7) is 4.12. The Morgan fingerprint density at radius 3 is 3.00 bits per heavy atom. The summed E-state index contributed by atoms with van der Waals surface area (Å²) in [4.78, 5) is 20.9. The van der Waals surface area contributed by atoms with Crippen LogP contribution in [-0.4, -0.2) is 57.7 Å². The van der Waals surface area contributed by atoms with E-state index < -0.39 is 0 Å². The number of piperidine rings is 3. The van der Waals surface area contributed by atoms with Crippen LogP contribution in [0.5, 0.6) is 0 Å².